The van der Waals surface area contributed by atoms with Crippen LogP contribution in [0.5, 0.6) is 5.75 Å². The molecule has 7 nitrogen and oxygen atoms in total. The first-order valence-corrected chi connectivity index (χ1v) is 12.7. The van der Waals surface area contributed by atoms with Gasteiger partial charge in [0.15, 0.2) is 0 Å². The van der Waals surface area contributed by atoms with E-state index in [1.54, 1.807) is 54.6 Å². The Morgan fingerprint density at radius 3 is 2.63 bits per heavy atom. The largest absolute Gasteiger partial charge is 0.490 e. The number of carbonyl (C=O) groups is 2. The summed E-state index contributed by atoms with van der Waals surface area (Å²) in [5.74, 6) is 1.71. The molecule has 1 fully saturated rings. The second-order valence-corrected chi connectivity index (χ2v) is 10.2. The fraction of sp³-hybridized carbons (Fsp3) is 0.241. The van der Waals surface area contributed by atoms with Crippen molar-refractivity contribution < 1.29 is 24.5 Å². The number of amides is 2. The Labute approximate surface area is 229 Å². The maximum atomic E-state index is 14.2. The van der Waals surface area contributed by atoms with E-state index in [9.17, 15) is 19.8 Å². The molecule has 0 aromatic heterocycles. The molecule has 2 heterocycles. The van der Waals surface area contributed by atoms with Gasteiger partial charge in [-0.15, -0.1) is 6.42 Å². The van der Waals surface area contributed by atoms with Gasteiger partial charge in [-0.25, -0.2) is 0 Å². The monoisotopic (exact) mass is 550 g/mol. The molecule has 2 aliphatic heterocycles. The maximum absolute atomic E-state index is 14.2. The van der Waals surface area contributed by atoms with E-state index in [1.165, 1.54) is 0 Å². The van der Waals surface area contributed by atoms with Gasteiger partial charge < -0.3 is 25.6 Å². The average Bonchev–Trinajstić information content (AvgIpc) is 3.19. The van der Waals surface area contributed by atoms with Gasteiger partial charge in [0.05, 0.1) is 12.6 Å². The van der Waals surface area contributed by atoms with Gasteiger partial charge in [-0.2, -0.15) is 0 Å². The van der Waals surface area contributed by atoms with E-state index >= 15 is 0 Å². The SMILES string of the molecule is C#Cc1ccc(OCC(O)CO)c([C@H]2NC(=O)C[C@@H](c3cccc(Cl)c3)[C@]23C(=O)Nc2cc(Cl)ccc23)c1. The van der Waals surface area contributed by atoms with Crippen molar-refractivity contribution in [2.75, 3.05) is 18.5 Å². The van der Waals surface area contributed by atoms with Crippen LogP contribution in [-0.2, 0) is 15.0 Å². The molecule has 9 heteroatoms. The van der Waals surface area contributed by atoms with Crippen LogP contribution in [-0.4, -0.2) is 41.3 Å². The first-order chi connectivity index (χ1) is 18.3. The minimum atomic E-state index is -1.32. The number of carbonyl (C=O) groups excluding carboxylic acids is 2. The van der Waals surface area contributed by atoms with Gasteiger partial charge in [0, 0.05) is 39.2 Å². The van der Waals surface area contributed by atoms with Crippen LogP contribution in [0.1, 0.15) is 40.6 Å². The smallest absolute Gasteiger partial charge is 0.238 e. The summed E-state index contributed by atoms with van der Waals surface area (Å²) in [6.07, 6.45) is 4.62. The summed E-state index contributed by atoms with van der Waals surface area (Å²) in [6, 6.07) is 16.4. The number of aliphatic hydroxyl groups is 2. The van der Waals surface area contributed by atoms with Crippen LogP contribution >= 0.6 is 23.2 Å². The Kier molecular flexibility index (Phi) is 7.08. The number of piperidine rings is 1. The van der Waals surface area contributed by atoms with Crippen molar-refractivity contribution >= 4 is 40.7 Å². The van der Waals surface area contributed by atoms with Crippen molar-refractivity contribution in [3.63, 3.8) is 0 Å². The Morgan fingerprint density at radius 2 is 1.89 bits per heavy atom. The molecule has 5 rings (SSSR count). The molecular weight excluding hydrogens is 527 g/mol. The minimum absolute atomic E-state index is 0.0283. The zero-order valence-electron chi connectivity index (χ0n) is 20.1. The molecule has 38 heavy (non-hydrogen) atoms. The van der Waals surface area contributed by atoms with Gasteiger partial charge in [0.2, 0.25) is 11.8 Å². The van der Waals surface area contributed by atoms with E-state index in [2.05, 4.69) is 16.6 Å². The van der Waals surface area contributed by atoms with Gasteiger partial charge >= 0.3 is 0 Å². The standard InChI is InChI=1S/C29H24Cl2N2O5/c1-2-16-6-9-25(38-15-20(35)14-34)21(10-16)27-29(22-8-7-19(31)12-24(22)32-28(29)37)23(13-26(36)33-27)17-4-3-5-18(30)11-17/h1,3-12,20,23,27,34-35H,13-15H2,(H,32,37)(H,33,36)/t20?,23-,27+,29-/m0/s1. The molecule has 1 unspecified atom stereocenters. The lowest BCUT2D eigenvalue weighted by atomic mass is 9.59. The number of hydrogen-bond acceptors (Lipinski definition) is 5. The topological polar surface area (TPSA) is 108 Å². The fourth-order valence-corrected chi connectivity index (χ4v) is 5.87. The van der Waals surface area contributed by atoms with Crippen LogP contribution in [0.15, 0.2) is 60.7 Å². The van der Waals surface area contributed by atoms with Crippen molar-refractivity contribution in [2.24, 2.45) is 0 Å². The molecule has 0 bridgehead atoms. The third-order valence-corrected chi connectivity index (χ3v) is 7.60. The first-order valence-electron chi connectivity index (χ1n) is 12.0. The normalized spacial score (nSPS) is 22.8. The Morgan fingerprint density at radius 1 is 1.11 bits per heavy atom. The van der Waals surface area contributed by atoms with Crippen LogP contribution in [0.3, 0.4) is 0 Å². The maximum Gasteiger partial charge on any atom is 0.238 e. The van der Waals surface area contributed by atoms with E-state index in [0.717, 1.165) is 5.56 Å². The third-order valence-electron chi connectivity index (χ3n) is 7.13. The highest BCUT2D eigenvalue weighted by molar-refractivity contribution is 6.31. The zero-order chi connectivity index (χ0) is 27.0. The molecule has 194 valence electrons. The summed E-state index contributed by atoms with van der Waals surface area (Å²) in [5.41, 5.74) is 1.58. The Hall–Kier alpha value is -3.54. The lowest BCUT2D eigenvalue weighted by Crippen LogP contribution is -2.57. The molecule has 1 saturated heterocycles. The molecule has 3 aromatic rings. The molecule has 0 aliphatic carbocycles. The number of hydrogen-bond donors (Lipinski definition) is 4. The Bertz CT molecular complexity index is 1470. The number of anilines is 1. The average molecular weight is 551 g/mol. The van der Waals surface area contributed by atoms with E-state index in [1.807, 2.05) is 6.07 Å². The van der Waals surface area contributed by atoms with Crippen LogP contribution in [0.2, 0.25) is 10.0 Å². The predicted octanol–water partition coefficient (Wildman–Crippen LogP) is 3.94. The van der Waals surface area contributed by atoms with Crippen molar-refractivity contribution in [1.29, 1.82) is 0 Å². The lowest BCUT2D eigenvalue weighted by Gasteiger charge is -2.46. The molecular formula is C29H24Cl2N2O5. The summed E-state index contributed by atoms with van der Waals surface area (Å²) < 4.78 is 5.88. The predicted molar refractivity (Wildman–Crippen MR) is 144 cm³/mol. The summed E-state index contributed by atoms with van der Waals surface area (Å²) >= 11 is 12.6. The van der Waals surface area contributed by atoms with Crippen molar-refractivity contribution in [3.05, 3.63) is 93.0 Å². The van der Waals surface area contributed by atoms with E-state index in [0.29, 0.717) is 38.2 Å². The zero-order valence-corrected chi connectivity index (χ0v) is 21.6. The summed E-state index contributed by atoms with van der Waals surface area (Å²) in [7, 11) is 0. The molecule has 4 atom stereocenters. The molecule has 0 radical (unpaired) electrons. The van der Waals surface area contributed by atoms with Gasteiger partial charge in [0.25, 0.3) is 0 Å². The summed E-state index contributed by atoms with van der Waals surface area (Å²) in [5, 5.41) is 26.1. The van der Waals surface area contributed by atoms with Crippen molar-refractivity contribution in [2.45, 2.75) is 29.9 Å². The van der Waals surface area contributed by atoms with Crippen LogP contribution in [0, 0.1) is 12.3 Å². The molecule has 1 spiro atoms. The second kappa shape index (κ2) is 10.3. The highest BCUT2D eigenvalue weighted by Gasteiger charge is 2.61. The summed E-state index contributed by atoms with van der Waals surface area (Å²) in [4.78, 5) is 27.4. The van der Waals surface area contributed by atoms with E-state index in [-0.39, 0.29) is 24.8 Å². The van der Waals surface area contributed by atoms with Crippen LogP contribution < -0.4 is 15.4 Å². The van der Waals surface area contributed by atoms with E-state index < -0.39 is 30.1 Å². The third kappa shape index (κ3) is 4.40. The van der Waals surface area contributed by atoms with Gasteiger partial charge in [-0.3, -0.25) is 9.59 Å². The molecule has 4 N–H and O–H groups in total. The number of benzene rings is 3. The second-order valence-electron chi connectivity index (χ2n) is 9.37. The lowest BCUT2D eigenvalue weighted by molar-refractivity contribution is -0.131. The summed E-state index contributed by atoms with van der Waals surface area (Å²) in [6.45, 7) is -0.696. The minimum Gasteiger partial charge on any atom is -0.490 e. The van der Waals surface area contributed by atoms with Crippen molar-refractivity contribution in [3.8, 4) is 18.1 Å². The number of halogens is 2. The number of nitrogens with one attached hydrogen (secondary N) is 2. The Balaban J connectivity index is 1.78. The fourth-order valence-electron chi connectivity index (χ4n) is 5.50. The number of rotatable bonds is 6. The number of fused-ring (bicyclic) bond motifs is 2. The van der Waals surface area contributed by atoms with Crippen LogP contribution in [0.4, 0.5) is 5.69 Å². The van der Waals surface area contributed by atoms with Crippen molar-refractivity contribution in [1.82, 2.24) is 5.32 Å². The number of terminal acetylenes is 1. The highest BCUT2D eigenvalue weighted by Crippen LogP contribution is 2.58. The van der Waals surface area contributed by atoms with Gasteiger partial charge in [-0.05, 0) is 53.6 Å². The number of aliphatic hydroxyl groups excluding tert-OH is 2. The molecule has 0 saturated carbocycles. The van der Waals surface area contributed by atoms with Crippen LogP contribution in [0.25, 0.3) is 0 Å². The molecule has 3 aromatic carbocycles. The molecule has 2 aliphatic rings. The van der Waals surface area contributed by atoms with Gasteiger partial charge in [-0.1, -0.05) is 47.3 Å². The van der Waals surface area contributed by atoms with E-state index in [4.69, 9.17) is 34.4 Å². The van der Waals surface area contributed by atoms with Gasteiger partial charge in [0.1, 0.15) is 23.9 Å². The first kappa shape index (κ1) is 26.1. The molecule has 2 amide bonds. The quantitative estimate of drug-likeness (QED) is 0.348. The number of ether oxygens (including phenoxy) is 1. The highest BCUT2D eigenvalue weighted by atomic mass is 35.5.